The Labute approximate surface area is 161 Å². The van der Waals surface area contributed by atoms with Crippen molar-refractivity contribution in [3.63, 3.8) is 0 Å². The molecular formula is C20H19FN4O3. The van der Waals surface area contributed by atoms with Crippen LogP contribution in [0.5, 0.6) is 0 Å². The van der Waals surface area contributed by atoms with Gasteiger partial charge in [0.15, 0.2) is 12.4 Å². The molecule has 0 saturated heterocycles. The zero-order valence-corrected chi connectivity index (χ0v) is 15.4. The van der Waals surface area contributed by atoms with Crippen LogP contribution in [-0.2, 0) is 9.53 Å². The minimum Gasteiger partial charge on any atom is -0.452 e. The fourth-order valence-electron chi connectivity index (χ4n) is 2.70. The van der Waals surface area contributed by atoms with E-state index >= 15 is 0 Å². The van der Waals surface area contributed by atoms with Crippen molar-refractivity contribution in [1.82, 2.24) is 14.8 Å². The van der Waals surface area contributed by atoms with Gasteiger partial charge in [0, 0.05) is 11.9 Å². The predicted octanol–water partition coefficient (Wildman–Crippen LogP) is 3.33. The summed E-state index contributed by atoms with van der Waals surface area (Å²) in [6.45, 7) is 3.34. The second kappa shape index (κ2) is 8.43. The Balaban J connectivity index is 1.70. The highest BCUT2D eigenvalue weighted by molar-refractivity contribution is 5.96. The molecule has 7 nitrogen and oxygen atoms in total. The highest BCUT2D eigenvalue weighted by Crippen LogP contribution is 2.23. The average Bonchev–Trinajstić information content (AvgIpc) is 3.12. The van der Waals surface area contributed by atoms with Crippen LogP contribution in [0.15, 0.2) is 54.9 Å². The molecule has 28 heavy (non-hydrogen) atoms. The molecule has 1 aromatic carbocycles. The number of hydrogen-bond donors (Lipinski definition) is 1. The number of benzene rings is 1. The van der Waals surface area contributed by atoms with Gasteiger partial charge in [0.25, 0.3) is 5.91 Å². The zero-order chi connectivity index (χ0) is 20.1. The molecule has 3 aromatic rings. The van der Waals surface area contributed by atoms with Crippen molar-refractivity contribution in [1.29, 1.82) is 0 Å². The van der Waals surface area contributed by atoms with Crippen molar-refractivity contribution in [2.45, 2.75) is 19.8 Å². The number of nitrogens with zero attached hydrogens (tertiary/aromatic N) is 3. The van der Waals surface area contributed by atoms with E-state index in [0.717, 1.165) is 0 Å². The molecule has 0 fully saturated rings. The van der Waals surface area contributed by atoms with Crippen LogP contribution in [0.2, 0.25) is 0 Å². The van der Waals surface area contributed by atoms with Gasteiger partial charge in [-0.05, 0) is 36.2 Å². The van der Waals surface area contributed by atoms with Crippen LogP contribution in [0.3, 0.4) is 0 Å². The third-order valence-corrected chi connectivity index (χ3v) is 3.88. The number of hydrogen-bond acceptors (Lipinski definition) is 5. The van der Waals surface area contributed by atoms with Gasteiger partial charge in [0.2, 0.25) is 0 Å². The standard InChI is InChI=1S/C20H19FN4O3/c1-13(2)19-16(11-23-25(19)17-8-3-4-9-22-17)20(27)28-12-18(26)24-15-7-5-6-14(21)10-15/h3-11,13H,12H2,1-2H3,(H,24,26). The summed E-state index contributed by atoms with van der Waals surface area (Å²) in [7, 11) is 0. The van der Waals surface area contributed by atoms with E-state index in [2.05, 4.69) is 15.4 Å². The maximum Gasteiger partial charge on any atom is 0.342 e. The van der Waals surface area contributed by atoms with Crippen LogP contribution < -0.4 is 5.32 Å². The first-order valence-corrected chi connectivity index (χ1v) is 8.67. The van der Waals surface area contributed by atoms with E-state index in [-0.39, 0.29) is 17.2 Å². The van der Waals surface area contributed by atoms with Gasteiger partial charge in [-0.3, -0.25) is 4.79 Å². The lowest BCUT2D eigenvalue weighted by Gasteiger charge is -2.12. The Kier molecular flexibility index (Phi) is 5.78. The number of halogens is 1. The molecular weight excluding hydrogens is 363 g/mol. The summed E-state index contributed by atoms with van der Waals surface area (Å²) < 4.78 is 19.9. The number of anilines is 1. The lowest BCUT2D eigenvalue weighted by molar-refractivity contribution is -0.119. The second-order valence-electron chi connectivity index (χ2n) is 6.33. The monoisotopic (exact) mass is 382 g/mol. The van der Waals surface area contributed by atoms with Crippen molar-refractivity contribution in [2.24, 2.45) is 0 Å². The Morgan fingerprint density at radius 3 is 2.71 bits per heavy atom. The molecule has 0 bridgehead atoms. The Morgan fingerprint density at radius 1 is 1.21 bits per heavy atom. The van der Waals surface area contributed by atoms with E-state index < -0.39 is 24.3 Å². The number of ether oxygens (including phenoxy) is 1. The number of carbonyl (C=O) groups excluding carboxylic acids is 2. The van der Waals surface area contributed by atoms with Gasteiger partial charge in [-0.1, -0.05) is 26.0 Å². The molecule has 0 aliphatic carbocycles. The van der Waals surface area contributed by atoms with Gasteiger partial charge >= 0.3 is 5.97 Å². The van der Waals surface area contributed by atoms with Gasteiger partial charge in [-0.2, -0.15) is 5.10 Å². The average molecular weight is 382 g/mol. The van der Waals surface area contributed by atoms with Gasteiger partial charge in [-0.25, -0.2) is 18.9 Å². The summed E-state index contributed by atoms with van der Waals surface area (Å²) in [5, 5.41) is 6.72. The first-order chi connectivity index (χ1) is 13.5. The van der Waals surface area contributed by atoms with Gasteiger partial charge in [-0.15, -0.1) is 0 Å². The molecule has 3 rings (SSSR count). The lowest BCUT2D eigenvalue weighted by Crippen LogP contribution is -2.21. The fourth-order valence-corrected chi connectivity index (χ4v) is 2.70. The summed E-state index contributed by atoms with van der Waals surface area (Å²) in [6.07, 6.45) is 3.03. The molecule has 1 amide bonds. The Hall–Kier alpha value is -3.55. The molecule has 8 heteroatoms. The largest absolute Gasteiger partial charge is 0.452 e. The summed E-state index contributed by atoms with van der Waals surface area (Å²) in [5.74, 6) is -1.16. The topological polar surface area (TPSA) is 86.1 Å². The summed E-state index contributed by atoms with van der Waals surface area (Å²) >= 11 is 0. The number of amides is 1. The van der Waals surface area contributed by atoms with Gasteiger partial charge in [0.05, 0.1) is 11.9 Å². The molecule has 0 aliphatic rings. The molecule has 1 N–H and O–H groups in total. The third kappa shape index (κ3) is 4.40. The van der Waals surface area contributed by atoms with Crippen LogP contribution in [0.1, 0.15) is 35.8 Å². The molecule has 2 aromatic heterocycles. The molecule has 0 spiro atoms. The number of pyridine rings is 1. The quantitative estimate of drug-likeness (QED) is 0.661. The Morgan fingerprint density at radius 2 is 2.04 bits per heavy atom. The van der Waals surface area contributed by atoms with Crippen LogP contribution in [0.25, 0.3) is 5.82 Å². The maximum atomic E-state index is 13.2. The van der Waals surface area contributed by atoms with E-state index in [1.165, 1.54) is 30.5 Å². The van der Waals surface area contributed by atoms with E-state index in [9.17, 15) is 14.0 Å². The maximum absolute atomic E-state index is 13.2. The second-order valence-corrected chi connectivity index (χ2v) is 6.33. The van der Waals surface area contributed by atoms with Gasteiger partial charge in [0.1, 0.15) is 11.4 Å². The van der Waals surface area contributed by atoms with Crippen molar-refractivity contribution >= 4 is 17.6 Å². The van der Waals surface area contributed by atoms with E-state index in [1.54, 1.807) is 23.0 Å². The first-order valence-electron chi connectivity index (χ1n) is 8.67. The number of esters is 1. The van der Waals surface area contributed by atoms with E-state index in [1.807, 2.05) is 19.9 Å². The molecule has 0 saturated carbocycles. The van der Waals surface area contributed by atoms with Gasteiger partial charge < -0.3 is 10.1 Å². The molecule has 0 aliphatic heterocycles. The minimum absolute atomic E-state index is 0.0341. The normalized spacial score (nSPS) is 10.7. The number of carbonyl (C=O) groups is 2. The van der Waals surface area contributed by atoms with Crippen LogP contribution in [0, 0.1) is 5.82 Å². The highest BCUT2D eigenvalue weighted by Gasteiger charge is 2.23. The van der Waals surface area contributed by atoms with Crippen LogP contribution in [-0.4, -0.2) is 33.2 Å². The molecule has 0 unspecified atom stereocenters. The van der Waals surface area contributed by atoms with Crippen molar-refractivity contribution in [2.75, 3.05) is 11.9 Å². The predicted molar refractivity (Wildman–Crippen MR) is 101 cm³/mol. The smallest absolute Gasteiger partial charge is 0.342 e. The first kappa shape index (κ1) is 19.2. The van der Waals surface area contributed by atoms with Crippen molar-refractivity contribution < 1.29 is 18.7 Å². The molecule has 2 heterocycles. The number of nitrogens with one attached hydrogen (secondary N) is 1. The fraction of sp³-hybridized carbons (Fsp3) is 0.200. The minimum atomic E-state index is -0.666. The van der Waals surface area contributed by atoms with Crippen molar-refractivity contribution in [3.8, 4) is 5.82 Å². The summed E-state index contributed by atoms with van der Waals surface area (Å²) in [6, 6.07) is 10.8. The highest BCUT2D eigenvalue weighted by atomic mass is 19.1. The van der Waals surface area contributed by atoms with E-state index in [4.69, 9.17) is 4.74 Å². The Bertz CT molecular complexity index is 986. The summed E-state index contributed by atoms with van der Waals surface area (Å²) in [4.78, 5) is 28.7. The lowest BCUT2D eigenvalue weighted by atomic mass is 10.1. The molecule has 144 valence electrons. The van der Waals surface area contributed by atoms with Crippen molar-refractivity contribution in [3.05, 3.63) is 71.9 Å². The van der Waals surface area contributed by atoms with Crippen LogP contribution in [0.4, 0.5) is 10.1 Å². The third-order valence-electron chi connectivity index (χ3n) is 3.88. The summed E-state index contributed by atoms with van der Waals surface area (Å²) in [5.41, 5.74) is 1.18. The SMILES string of the molecule is CC(C)c1c(C(=O)OCC(=O)Nc2cccc(F)c2)cnn1-c1ccccn1. The zero-order valence-electron chi connectivity index (χ0n) is 15.4. The molecule has 0 radical (unpaired) electrons. The molecule has 0 atom stereocenters. The van der Waals surface area contributed by atoms with Crippen LogP contribution >= 0.6 is 0 Å². The number of aromatic nitrogens is 3. The van der Waals surface area contributed by atoms with E-state index in [0.29, 0.717) is 11.5 Å². The number of rotatable bonds is 6.